The van der Waals surface area contributed by atoms with Gasteiger partial charge in [-0.25, -0.2) is 4.79 Å². The van der Waals surface area contributed by atoms with Crippen LogP contribution in [0.15, 0.2) is 48.5 Å². The van der Waals surface area contributed by atoms with Crippen molar-refractivity contribution in [2.45, 2.75) is 20.0 Å². The summed E-state index contributed by atoms with van der Waals surface area (Å²) in [6.45, 7) is 3.73. The van der Waals surface area contributed by atoms with E-state index in [-0.39, 0.29) is 12.1 Å². The number of nitrogens with two attached hydrogens (primary N) is 1. The van der Waals surface area contributed by atoms with Gasteiger partial charge in [0.2, 0.25) is 0 Å². The summed E-state index contributed by atoms with van der Waals surface area (Å²) in [5.74, 6) is -0.334. The number of hydrogen-bond acceptors (Lipinski definition) is 3. The van der Waals surface area contributed by atoms with E-state index in [0.29, 0.717) is 11.3 Å². The van der Waals surface area contributed by atoms with Crippen LogP contribution in [0.25, 0.3) is 0 Å². The Morgan fingerprint density at radius 2 is 1.84 bits per heavy atom. The Morgan fingerprint density at radius 1 is 1.16 bits per heavy atom. The lowest BCUT2D eigenvalue weighted by atomic mass is 10.1. The van der Waals surface area contributed by atoms with Crippen molar-refractivity contribution in [3.05, 3.63) is 65.2 Å². The van der Waals surface area contributed by atoms with E-state index in [1.165, 1.54) is 0 Å². The first kappa shape index (κ1) is 13.1. The molecule has 0 fully saturated rings. The minimum Gasteiger partial charge on any atom is -0.454 e. The highest BCUT2D eigenvalue weighted by atomic mass is 16.5. The van der Waals surface area contributed by atoms with Gasteiger partial charge in [-0.1, -0.05) is 30.3 Å². The topological polar surface area (TPSA) is 52.3 Å². The second-order valence-corrected chi connectivity index (χ2v) is 4.53. The molecule has 2 N–H and O–H groups in total. The average molecular weight is 255 g/mol. The van der Waals surface area contributed by atoms with Crippen LogP contribution in [-0.4, -0.2) is 5.97 Å². The molecule has 2 aromatic carbocycles. The summed E-state index contributed by atoms with van der Waals surface area (Å²) >= 11 is 0. The van der Waals surface area contributed by atoms with Crippen LogP contribution in [0.2, 0.25) is 0 Å². The van der Waals surface area contributed by atoms with Crippen molar-refractivity contribution in [2.24, 2.45) is 0 Å². The minimum absolute atomic E-state index is 0.272. The molecule has 0 aliphatic heterocycles. The van der Waals surface area contributed by atoms with Gasteiger partial charge in [0.1, 0.15) is 6.10 Å². The fourth-order valence-electron chi connectivity index (χ4n) is 1.82. The lowest BCUT2D eigenvalue weighted by molar-refractivity contribution is 0.0338. The number of rotatable bonds is 3. The van der Waals surface area contributed by atoms with Gasteiger partial charge in [-0.3, -0.25) is 0 Å². The zero-order valence-corrected chi connectivity index (χ0v) is 11.1. The fourth-order valence-corrected chi connectivity index (χ4v) is 1.82. The van der Waals surface area contributed by atoms with Crippen LogP contribution in [0.5, 0.6) is 0 Å². The molecule has 2 rings (SSSR count). The van der Waals surface area contributed by atoms with E-state index < -0.39 is 0 Å². The van der Waals surface area contributed by atoms with Crippen molar-refractivity contribution < 1.29 is 9.53 Å². The Kier molecular flexibility index (Phi) is 3.85. The molecule has 0 heterocycles. The Hall–Kier alpha value is -2.29. The largest absolute Gasteiger partial charge is 0.454 e. The highest BCUT2D eigenvalue weighted by molar-refractivity contribution is 5.90. The molecule has 0 aliphatic rings. The van der Waals surface area contributed by atoms with Crippen molar-refractivity contribution >= 4 is 11.7 Å². The van der Waals surface area contributed by atoms with E-state index in [1.807, 2.05) is 44.2 Å². The van der Waals surface area contributed by atoms with Crippen LogP contribution in [0.3, 0.4) is 0 Å². The molecule has 1 unspecified atom stereocenters. The van der Waals surface area contributed by atoms with Gasteiger partial charge in [0, 0.05) is 5.69 Å². The summed E-state index contributed by atoms with van der Waals surface area (Å²) in [7, 11) is 0. The maximum Gasteiger partial charge on any atom is 0.338 e. The van der Waals surface area contributed by atoms with Gasteiger partial charge in [-0.2, -0.15) is 0 Å². The first-order chi connectivity index (χ1) is 9.08. The summed E-state index contributed by atoms with van der Waals surface area (Å²) in [5.41, 5.74) is 8.78. The quantitative estimate of drug-likeness (QED) is 0.674. The molecule has 1 atom stereocenters. The van der Waals surface area contributed by atoms with Crippen molar-refractivity contribution in [3.8, 4) is 0 Å². The van der Waals surface area contributed by atoms with Crippen LogP contribution in [0.1, 0.15) is 34.5 Å². The zero-order valence-electron chi connectivity index (χ0n) is 11.1. The first-order valence-electron chi connectivity index (χ1n) is 6.20. The van der Waals surface area contributed by atoms with Crippen molar-refractivity contribution in [1.82, 2.24) is 0 Å². The highest BCUT2D eigenvalue weighted by Gasteiger charge is 2.13. The van der Waals surface area contributed by atoms with Crippen molar-refractivity contribution in [2.75, 3.05) is 5.73 Å². The molecule has 3 heteroatoms. The summed E-state index contributed by atoms with van der Waals surface area (Å²) < 4.78 is 5.44. The second kappa shape index (κ2) is 5.57. The molecule has 0 spiro atoms. The van der Waals surface area contributed by atoms with Crippen LogP contribution < -0.4 is 5.73 Å². The molecular weight excluding hydrogens is 238 g/mol. The number of benzene rings is 2. The number of hydrogen-bond donors (Lipinski definition) is 1. The predicted octanol–water partition coefficient (Wildman–Crippen LogP) is 3.50. The molecule has 0 saturated carbocycles. The van der Waals surface area contributed by atoms with Gasteiger partial charge in [0.05, 0.1) is 5.56 Å². The first-order valence-corrected chi connectivity index (χ1v) is 6.20. The highest BCUT2D eigenvalue weighted by Crippen LogP contribution is 2.19. The Bertz CT molecular complexity index is 579. The van der Waals surface area contributed by atoms with E-state index in [4.69, 9.17) is 10.5 Å². The molecule has 0 radical (unpaired) electrons. The maximum absolute atomic E-state index is 12.0. The number of nitrogen functional groups attached to an aromatic ring is 1. The molecule has 0 bridgehead atoms. The standard InChI is InChI=1S/C16H17NO2/c1-11-10-14(8-9-15(11)17)16(18)19-12(2)13-6-4-3-5-7-13/h3-10,12H,17H2,1-2H3. The fraction of sp³-hybridized carbons (Fsp3) is 0.188. The Morgan fingerprint density at radius 3 is 2.47 bits per heavy atom. The number of carbonyl (C=O) groups excluding carboxylic acids is 1. The number of esters is 1. The number of carbonyl (C=O) groups is 1. The molecule has 3 nitrogen and oxygen atoms in total. The third-order valence-electron chi connectivity index (χ3n) is 3.06. The lowest BCUT2D eigenvalue weighted by Crippen LogP contribution is -2.09. The predicted molar refractivity (Wildman–Crippen MR) is 75.9 cm³/mol. The average Bonchev–Trinajstić information content (AvgIpc) is 2.42. The third-order valence-corrected chi connectivity index (χ3v) is 3.06. The maximum atomic E-state index is 12.0. The van der Waals surface area contributed by atoms with Crippen LogP contribution in [-0.2, 0) is 4.74 Å². The van der Waals surface area contributed by atoms with E-state index in [1.54, 1.807) is 18.2 Å². The monoisotopic (exact) mass is 255 g/mol. The summed E-state index contributed by atoms with van der Waals surface area (Å²) in [6.07, 6.45) is -0.272. The number of aryl methyl sites for hydroxylation is 1. The van der Waals surface area contributed by atoms with E-state index >= 15 is 0 Å². The number of ether oxygens (including phenoxy) is 1. The molecule has 0 saturated heterocycles. The van der Waals surface area contributed by atoms with Crippen molar-refractivity contribution in [1.29, 1.82) is 0 Å². The Balaban J connectivity index is 2.11. The minimum atomic E-state index is -0.334. The molecule has 98 valence electrons. The van der Waals surface area contributed by atoms with Gasteiger partial charge < -0.3 is 10.5 Å². The van der Waals surface area contributed by atoms with Gasteiger partial charge in [-0.05, 0) is 43.2 Å². The smallest absolute Gasteiger partial charge is 0.338 e. The zero-order chi connectivity index (χ0) is 13.8. The van der Waals surface area contributed by atoms with E-state index in [2.05, 4.69) is 0 Å². The third kappa shape index (κ3) is 3.13. The normalized spacial score (nSPS) is 11.9. The molecule has 0 aliphatic carbocycles. The lowest BCUT2D eigenvalue weighted by Gasteiger charge is -2.14. The van der Waals surface area contributed by atoms with Gasteiger partial charge in [0.15, 0.2) is 0 Å². The molecule has 0 aromatic heterocycles. The van der Waals surface area contributed by atoms with Gasteiger partial charge in [0.25, 0.3) is 0 Å². The summed E-state index contributed by atoms with van der Waals surface area (Å²) in [5, 5.41) is 0. The molecule has 19 heavy (non-hydrogen) atoms. The molecule has 2 aromatic rings. The van der Waals surface area contributed by atoms with Gasteiger partial charge >= 0.3 is 5.97 Å². The summed E-state index contributed by atoms with van der Waals surface area (Å²) in [6, 6.07) is 14.8. The molecular formula is C16H17NO2. The SMILES string of the molecule is Cc1cc(C(=O)OC(C)c2ccccc2)ccc1N. The Labute approximate surface area is 113 Å². The van der Waals surface area contributed by atoms with Crippen LogP contribution in [0.4, 0.5) is 5.69 Å². The van der Waals surface area contributed by atoms with Crippen molar-refractivity contribution in [3.63, 3.8) is 0 Å². The van der Waals surface area contributed by atoms with E-state index in [9.17, 15) is 4.79 Å². The van der Waals surface area contributed by atoms with E-state index in [0.717, 1.165) is 11.1 Å². The number of anilines is 1. The second-order valence-electron chi connectivity index (χ2n) is 4.53. The molecule has 0 amide bonds. The van der Waals surface area contributed by atoms with Crippen LogP contribution in [0, 0.1) is 6.92 Å². The summed E-state index contributed by atoms with van der Waals surface area (Å²) in [4.78, 5) is 12.0. The van der Waals surface area contributed by atoms with Gasteiger partial charge in [-0.15, -0.1) is 0 Å². The van der Waals surface area contributed by atoms with Crippen LogP contribution >= 0.6 is 0 Å².